The van der Waals surface area contributed by atoms with Gasteiger partial charge < -0.3 is 10.2 Å². The molecule has 2 fully saturated rings. The maximum absolute atomic E-state index is 11.1. The van der Waals surface area contributed by atoms with Crippen molar-refractivity contribution in [3.05, 3.63) is 12.7 Å². The molecule has 78 valence electrons. The first-order chi connectivity index (χ1) is 6.70. The number of amides is 2. The zero-order valence-corrected chi connectivity index (χ0v) is 8.45. The van der Waals surface area contributed by atoms with Crippen LogP contribution in [0, 0.1) is 0 Å². The van der Waals surface area contributed by atoms with Crippen LogP contribution in [0.3, 0.4) is 0 Å². The van der Waals surface area contributed by atoms with Crippen molar-refractivity contribution in [2.45, 2.75) is 25.8 Å². The Morgan fingerprint density at radius 3 is 2.79 bits per heavy atom. The van der Waals surface area contributed by atoms with Crippen molar-refractivity contribution in [3.63, 3.8) is 0 Å². The number of hydrogen-bond donors (Lipinski definition) is 1. The Kier molecular flexibility index (Phi) is 3.68. The minimum atomic E-state index is -0.156. The number of fused-ring (bicyclic) bond motifs is 1. The second-order valence-corrected chi connectivity index (χ2v) is 3.37. The summed E-state index contributed by atoms with van der Waals surface area (Å²) in [5, 5.41) is 2.57. The number of allylic oxidation sites excluding steroid dienone is 1. The molecule has 0 bridgehead atoms. The SMILES string of the molecule is C=CC.O=C1NCC(=O)N2CCCC12. The van der Waals surface area contributed by atoms with E-state index in [2.05, 4.69) is 11.9 Å². The van der Waals surface area contributed by atoms with Gasteiger partial charge in [0, 0.05) is 6.54 Å². The van der Waals surface area contributed by atoms with Gasteiger partial charge in [0.05, 0.1) is 6.54 Å². The number of nitrogens with one attached hydrogen (secondary N) is 1. The lowest BCUT2D eigenvalue weighted by atomic mass is 10.2. The first kappa shape index (κ1) is 10.8. The second-order valence-electron chi connectivity index (χ2n) is 3.37. The number of rotatable bonds is 0. The molecule has 4 heteroatoms. The van der Waals surface area contributed by atoms with E-state index in [0.29, 0.717) is 0 Å². The van der Waals surface area contributed by atoms with Crippen LogP contribution in [0.1, 0.15) is 19.8 Å². The first-order valence-corrected chi connectivity index (χ1v) is 4.85. The van der Waals surface area contributed by atoms with Gasteiger partial charge in [0.1, 0.15) is 6.04 Å². The normalized spacial score (nSPS) is 24.6. The fourth-order valence-corrected chi connectivity index (χ4v) is 1.72. The standard InChI is InChI=1S/C7H10N2O2.C3H6/c10-6-4-8-7(11)5-2-1-3-9(5)6;1-3-2/h5H,1-4H2,(H,8,11);3H,1H2,2H3. The van der Waals surface area contributed by atoms with Crippen molar-refractivity contribution in [1.29, 1.82) is 0 Å². The largest absolute Gasteiger partial charge is 0.345 e. The smallest absolute Gasteiger partial charge is 0.243 e. The lowest BCUT2D eigenvalue weighted by Gasteiger charge is -2.28. The molecule has 1 atom stereocenters. The zero-order valence-electron chi connectivity index (χ0n) is 8.45. The second kappa shape index (κ2) is 4.79. The average molecular weight is 196 g/mol. The van der Waals surface area contributed by atoms with Crippen LogP contribution in [0.5, 0.6) is 0 Å². The van der Waals surface area contributed by atoms with Gasteiger partial charge in [-0.15, -0.1) is 6.58 Å². The molecule has 2 rings (SSSR count). The van der Waals surface area contributed by atoms with E-state index in [1.54, 1.807) is 11.0 Å². The van der Waals surface area contributed by atoms with Crippen molar-refractivity contribution in [2.75, 3.05) is 13.1 Å². The number of carbonyl (C=O) groups excluding carboxylic acids is 2. The summed E-state index contributed by atoms with van der Waals surface area (Å²) in [6, 6.07) is -0.156. The molecule has 4 nitrogen and oxygen atoms in total. The number of nitrogens with zero attached hydrogens (tertiary/aromatic N) is 1. The van der Waals surface area contributed by atoms with E-state index in [0.717, 1.165) is 19.4 Å². The van der Waals surface area contributed by atoms with Gasteiger partial charge in [0.25, 0.3) is 0 Å². The van der Waals surface area contributed by atoms with Gasteiger partial charge in [0.15, 0.2) is 0 Å². The summed E-state index contributed by atoms with van der Waals surface area (Å²) in [5.41, 5.74) is 0. The minimum absolute atomic E-state index is 0.0158. The summed E-state index contributed by atoms with van der Waals surface area (Å²) in [4.78, 5) is 23.9. The van der Waals surface area contributed by atoms with Crippen molar-refractivity contribution in [1.82, 2.24) is 10.2 Å². The molecule has 0 aromatic rings. The molecule has 0 spiro atoms. The maximum atomic E-state index is 11.1. The fraction of sp³-hybridized carbons (Fsp3) is 0.600. The van der Waals surface area contributed by atoms with E-state index in [1.165, 1.54) is 0 Å². The monoisotopic (exact) mass is 196 g/mol. The number of hydrogen-bond acceptors (Lipinski definition) is 2. The summed E-state index contributed by atoms with van der Waals surface area (Å²) in [6.07, 6.45) is 3.54. The first-order valence-electron chi connectivity index (χ1n) is 4.85. The predicted molar refractivity (Wildman–Crippen MR) is 53.6 cm³/mol. The van der Waals surface area contributed by atoms with Crippen molar-refractivity contribution >= 4 is 11.8 Å². The fourth-order valence-electron chi connectivity index (χ4n) is 1.72. The van der Waals surface area contributed by atoms with Gasteiger partial charge in [-0.25, -0.2) is 0 Å². The Hall–Kier alpha value is -1.32. The van der Waals surface area contributed by atoms with Gasteiger partial charge in [-0.2, -0.15) is 0 Å². The zero-order chi connectivity index (χ0) is 10.6. The molecule has 2 heterocycles. The molecule has 0 aliphatic carbocycles. The number of carbonyl (C=O) groups is 2. The third kappa shape index (κ3) is 2.13. The van der Waals surface area contributed by atoms with Crippen LogP contribution in [0.4, 0.5) is 0 Å². The lowest BCUT2D eigenvalue weighted by Crippen LogP contribution is -2.55. The molecular weight excluding hydrogens is 180 g/mol. The molecule has 0 aromatic carbocycles. The summed E-state index contributed by atoms with van der Waals surface area (Å²) in [5.74, 6) is 0.0780. The molecule has 0 radical (unpaired) electrons. The van der Waals surface area contributed by atoms with Gasteiger partial charge in [0.2, 0.25) is 11.8 Å². The van der Waals surface area contributed by atoms with Gasteiger partial charge in [-0.1, -0.05) is 6.08 Å². The Morgan fingerprint density at radius 2 is 2.21 bits per heavy atom. The molecule has 2 aliphatic heterocycles. The lowest BCUT2D eigenvalue weighted by molar-refractivity contribution is -0.143. The highest BCUT2D eigenvalue weighted by Gasteiger charge is 2.37. The molecule has 0 saturated carbocycles. The average Bonchev–Trinajstić information content (AvgIpc) is 2.62. The van der Waals surface area contributed by atoms with Gasteiger partial charge >= 0.3 is 0 Å². The van der Waals surface area contributed by atoms with E-state index < -0.39 is 0 Å². The summed E-state index contributed by atoms with van der Waals surface area (Å²) < 4.78 is 0. The quantitative estimate of drug-likeness (QED) is 0.566. The van der Waals surface area contributed by atoms with Crippen molar-refractivity contribution in [2.24, 2.45) is 0 Å². The maximum Gasteiger partial charge on any atom is 0.243 e. The van der Waals surface area contributed by atoms with Crippen LogP contribution < -0.4 is 5.32 Å². The molecule has 1 N–H and O–H groups in total. The van der Waals surface area contributed by atoms with E-state index in [9.17, 15) is 9.59 Å². The highest BCUT2D eigenvalue weighted by molar-refractivity contribution is 5.95. The molecule has 2 aliphatic rings. The Labute approximate surface area is 84.0 Å². The Morgan fingerprint density at radius 1 is 1.57 bits per heavy atom. The summed E-state index contributed by atoms with van der Waals surface area (Å²) in [7, 11) is 0. The van der Waals surface area contributed by atoms with Crippen molar-refractivity contribution < 1.29 is 9.59 Å². The van der Waals surface area contributed by atoms with E-state index in [1.807, 2.05) is 6.92 Å². The highest BCUT2D eigenvalue weighted by Crippen LogP contribution is 2.19. The molecule has 2 saturated heterocycles. The summed E-state index contributed by atoms with van der Waals surface area (Å²) >= 11 is 0. The molecular formula is C10H16N2O2. The van der Waals surface area contributed by atoms with Crippen LogP contribution in [0.15, 0.2) is 12.7 Å². The predicted octanol–water partition coefficient (Wildman–Crippen LogP) is 0.299. The topological polar surface area (TPSA) is 49.4 Å². The molecule has 14 heavy (non-hydrogen) atoms. The molecule has 0 aromatic heterocycles. The number of piperazine rings is 1. The molecule has 2 amide bonds. The van der Waals surface area contributed by atoms with Crippen LogP contribution >= 0.6 is 0 Å². The van der Waals surface area contributed by atoms with Gasteiger partial charge in [-0.3, -0.25) is 9.59 Å². The highest BCUT2D eigenvalue weighted by atomic mass is 16.2. The Balaban J connectivity index is 0.000000293. The van der Waals surface area contributed by atoms with E-state index >= 15 is 0 Å². The van der Waals surface area contributed by atoms with E-state index in [-0.39, 0.29) is 24.4 Å². The Bertz CT molecular complexity index is 229. The minimum Gasteiger partial charge on any atom is -0.345 e. The van der Waals surface area contributed by atoms with Crippen LogP contribution in [0.2, 0.25) is 0 Å². The van der Waals surface area contributed by atoms with E-state index in [4.69, 9.17) is 0 Å². The molecule has 1 unspecified atom stereocenters. The summed E-state index contributed by atoms with van der Waals surface area (Å²) in [6.45, 7) is 6.20. The van der Waals surface area contributed by atoms with Crippen LogP contribution in [0.25, 0.3) is 0 Å². The van der Waals surface area contributed by atoms with Crippen molar-refractivity contribution in [3.8, 4) is 0 Å². The van der Waals surface area contributed by atoms with Crippen LogP contribution in [-0.2, 0) is 9.59 Å². The van der Waals surface area contributed by atoms with Crippen LogP contribution in [-0.4, -0.2) is 35.8 Å². The third-order valence-corrected chi connectivity index (χ3v) is 2.29. The van der Waals surface area contributed by atoms with Gasteiger partial charge in [-0.05, 0) is 19.8 Å². The third-order valence-electron chi connectivity index (χ3n) is 2.29.